The molecule has 0 bridgehead atoms. The second-order valence-electron chi connectivity index (χ2n) is 4.58. The van der Waals surface area contributed by atoms with Crippen LogP contribution in [0.5, 0.6) is 0 Å². The van der Waals surface area contributed by atoms with E-state index < -0.39 is 0 Å². The number of carbonyl (C=O) groups excluding carboxylic acids is 1. The fraction of sp³-hybridized carbons (Fsp3) is 0.600. The number of hydrogen-bond acceptors (Lipinski definition) is 2. The molecule has 1 amide bonds. The summed E-state index contributed by atoms with van der Waals surface area (Å²) < 4.78 is 1.60. The number of nitrogens with zero attached hydrogens (tertiary/aromatic N) is 2. The minimum Gasteiger partial charge on any atom is -0.346 e. The molecule has 1 N–H and O–H groups in total. The number of aryl methyl sites for hydroxylation is 1. The average Bonchev–Trinajstić information content (AvgIpc) is 2.30. The molecule has 0 spiro atoms. The van der Waals surface area contributed by atoms with Gasteiger partial charge in [-0.3, -0.25) is 9.48 Å². The van der Waals surface area contributed by atoms with Crippen LogP contribution in [-0.4, -0.2) is 21.2 Å². The highest BCUT2D eigenvalue weighted by molar-refractivity contribution is 6.34. The predicted molar refractivity (Wildman–Crippen MR) is 60.2 cm³/mol. The minimum atomic E-state index is -0.286. The number of aromatic nitrogens is 2. The smallest absolute Gasteiger partial charge is 0.273 e. The zero-order valence-electron chi connectivity index (χ0n) is 9.68. The second-order valence-corrected chi connectivity index (χ2v) is 4.95. The lowest BCUT2D eigenvalue weighted by Gasteiger charge is -2.19. The van der Waals surface area contributed by atoms with Crippen LogP contribution in [0.2, 0.25) is 5.02 Å². The second kappa shape index (κ2) is 3.85. The van der Waals surface area contributed by atoms with E-state index in [0.717, 1.165) is 5.69 Å². The van der Waals surface area contributed by atoms with E-state index in [1.54, 1.807) is 11.7 Å². The molecular formula is C10H16ClN3O. The van der Waals surface area contributed by atoms with Gasteiger partial charge in [-0.2, -0.15) is 5.10 Å². The Morgan fingerprint density at radius 1 is 1.47 bits per heavy atom. The van der Waals surface area contributed by atoms with E-state index in [1.165, 1.54) is 0 Å². The zero-order valence-corrected chi connectivity index (χ0v) is 10.4. The summed E-state index contributed by atoms with van der Waals surface area (Å²) in [6, 6.07) is 0. The molecule has 0 atom stereocenters. The molecule has 1 aromatic heterocycles. The summed E-state index contributed by atoms with van der Waals surface area (Å²) in [5, 5.41) is 7.30. The van der Waals surface area contributed by atoms with Crippen molar-refractivity contribution in [3.05, 3.63) is 16.4 Å². The fourth-order valence-corrected chi connectivity index (χ4v) is 1.37. The number of halogens is 1. The van der Waals surface area contributed by atoms with Crippen molar-refractivity contribution in [2.24, 2.45) is 7.05 Å². The quantitative estimate of drug-likeness (QED) is 0.800. The summed E-state index contributed by atoms with van der Waals surface area (Å²) in [6.07, 6.45) is 0. The molecule has 1 aromatic rings. The highest BCUT2D eigenvalue weighted by Gasteiger charge is 2.21. The van der Waals surface area contributed by atoms with E-state index >= 15 is 0 Å². The lowest BCUT2D eigenvalue weighted by Crippen LogP contribution is -2.40. The topological polar surface area (TPSA) is 46.9 Å². The monoisotopic (exact) mass is 229 g/mol. The summed E-state index contributed by atoms with van der Waals surface area (Å²) in [5.74, 6) is -0.240. The van der Waals surface area contributed by atoms with E-state index in [-0.39, 0.29) is 17.1 Å². The van der Waals surface area contributed by atoms with Crippen LogP contribution in [0.3, 0.4) is 0 Å². The Labute approximate surface area is 94.6 Å². The van der Waals surface area contributed by atoms with Gasteiger partial charge in [-0.05, 0) is 27.7 Å². The molecule has 1 rings (SSSR count). The first-order valence-corrected chi connectivity index (χ1v) is 5.12. The van der Waals surface area contributed by atoms with Gasteiger partial charge in [0.2, 0.25) is 0 Å². The molecule has 0 unspecified atom stereocenters. The molecule has 0 aliphatic heterocycles. The van der Waals surface area contributed by atoms with Gasteiger partial charge >= 0.3 is 0 Å². The van der Waals surface area contributed by atoms with Gasteiger partial charge < -0.3 is 5.32 Å². The summed E-state index contributed by atoms with van der Waals surface area (Å²) >= 11 is 5.99. The summed E-state index contributed by atoms with van der Waals surface area (Å²) in [7, 11) is 1.76. The van der Waals surface area contributed by atoms with Gasteiger partial charge in [0.25, 0.3) is 5.91 Å². The Morgan fingerprint density at radius 2 is 2.00 bits per heavy atom. The highest BCUT2D eigenvalue weighted by atomic mass is 35.5. The number of nitrogens with one attached hydrogen (secondary N) is 1. The molecule has 0 fully saturated rings. The molecule has 84 valence electrons. The third kappa shape index (κ3) is 2.72. The third-order valence-corrected chi connectivity index (χ3v) is 2.42. The molecule has 0 saturated carbocycles. The van der Waals surface area contributed by atoms with Crippen molar-refractivity contribution in [1.29, 1.82) is 0 Å². The molecule has 0 aliphatic carbocycles. The van der Waals surface area contributed by atoms with E-state index in [2.05, 4.69) is 10.4 Å². The first-order valence-electron chi connectivity index (χ1n) is 4.74. The van der Waals surface area contributed by atoms with Gasteiger partial charge in [-0.1, -0.05) is 11.6 Å². The van der Waals surface area contributed by atoms with E-state index in [1.807, 2.05) is 27.7 Å². The summed E-state index contributed by atoms with van der Waals surface area (Å²) in [6.45, 7) is 7.56. The van der Waals surface area contributed by atoms with E-state index in [0.29, 0.717) is 5.02 Å². The van der Waals surface area contributed by atoms with Crippen LogP contribution in [-0.2, 0) is 7.05 Å². The van der Waals surface area contributed by atoms with Crippen molar-refractivity contribution in [2.45, 2.75) is 33.2 Å². The van der Waals surface area contributed by atoms with Crippen molar-refractivity contribution < 1.29 is 4.79 Å². The van der Waals surface area contributed by atoms with Crippen LogP contribution in [0, 0.1) is 6.92 Å². The standard InChI is InChI=1S/C10H16ClN3O/c1-6-7(11)8(13-14(6)5)9(15)12-10(2,3)4/h1-5H3,(H,12,15). The maximum atomic E-state index is 11.8. The fourth-order valence-electron chi connectivity index (χ4n) is 1.13. The number of rotatable bonds is 1. The zero-order chi connectivity index (χ0) is 11.8. The number of amides is 1. The molecule has 0 aromatic carbocycles. The van der Waals surface area contributed by atoms with Gasteiger partial charge in [0.05, 0.1) is 10.7 Å². The van der Waals surface area contributed by atoms with Crippen LogP contribution >= 0.6 is 11.6 Å². The Hall–Kier alpha value is -1.03. The van der Waals surface area contributed by atoms with E-state index in [4.69, 9.17) is 11.6 Å². The maximum absolute atomic E-state index is 11.8. The molecule has 15 heavy (non-hydrogen) atoms. The van der Waals surface area contributed by atoms with Crippen molar-refractivity contribution in [3.63, 3.8) is 0 Å². The Bertz CT molecular complexity index is 390. The van der Waals surface area contributed by atoms with Crippen LogP contribution in [0.25, 0.3) is 0 Å². The van der Waals surface area contributed by atoms with Gasteiger partial charge in [0, 0.05) is 12.6 Å². The maximum Gasteiger partial charge on any atom is 0.273 e. The Balaban J connectivity index is 2.98. The van der Waals surface area contributed by atoms with Crippen molar-refractivity contribution in [3.8, 4) is 0 Å². The normalized spacial score (nSPS) is 11.6. The first kappa shape index (κ1) is 12.0. The predicted octanol–water partition coefficient (Wildman–Crippen LogP) is 1.91. The summed E-state index contributed by atoms with van der Waals surface area (Å²) in [4.78, 5) is 11.8. The van der Waals surface area contributed by atoms with Crippen LogP contribution in [0.15, 0.2) is 0 Å². The van der Waals surface area contributed by atoms with Gasteiger partial charge in [-0.15, -0.1) is 0 Å². The molecule has 1 heterocycles. The van der Waals surface area contributed by atoms with Gasteiger partial charge in [0.15, 0.2) is 5.69 Å². The number of hydrogen-bond donors (Lipinski definition) is 1. The Morgan fingerprint density at radius 3 is 2.33 bits per heavy atom. The molecule has 0 saturated heterocycles. The average molecular weight is 230 g/mol. The minimum absolute atomic E-state index is 0.240. The van der Waals surface area contributed by atoms with Gasteiger partial charge in [0.1, 0.15) is 0 Å². The first-order chi connectivity index (χ1) is 6.72. The molecular weight excluding hydrogens is 214 g/mol. The lowest BCUT2D eigenvalue weighted by molar-refractivity contribution is 0.0914. The van der Waals surface area contributed by atoms with Crippen LogP contribution in [0.4, 0.5) is 0 Å². The highest BCUT2D eigenvalue weighted by Crippen LogP contribution is 2.19. The molecule has 5 heteroatoms. The number of carbonyl (C=O) groups is 1. The van der Waals surface area contributed by atoms with Crippen molar-refractivity contribution >= 4 is 17.5 Å². The molecule has 0 radical (unpaired) electrons. The third-order valence-electron chi connectivity index (χ3n) is 1.96. The van der Waals surface area contributed by atoms with Crippen LogP contribution < -0.4 is 5.32 Å². The SMILES string of the molecule is Cc1c(Cl)c(C(=O)NC(C)(C)C)nn1C. The largest absolute Gasteiger partial charge is 0.346 e. The van der Waals surface area contributed by atoms with Crippen LogP contribution in [0.1, 0.15) is 37.0 Å². The van der Waals surface area contributed by atoms with Gasteiger partial charge in [-0.25, -0.2) is 0 Å². The summed E-state index contributed by atoms with van der Waals surface area (Å²) in [5.41, 5.74) is 0.786. The lowest BCUT2D eigenvalue weighted by atomic mass is 10.1. The van der Waals surface area contributed by atoms with Crippen molar-refractivity contribution in [1.82, 2.24) is 15.1 Å². The van der Waals surface area contributed by atoms with E-state index in [9.17, 15) is 4.79 Å². The molecule has 4 nitrogen and oxygen atoms in total. The Kier molecular flexibility index (Phi) is 3.09. The molecule has 0 aliphatic rings. The van der Waals surface area contributed by atoms with Crippen molar-refractivity contribution in [2.75, 3.05) is 0 Å².